The predicted molar refractivity (Wildman–Crippen MR) is 61.4 cm³/mol. The zero-order chi connectivity index (χ0) is 15.2. The van der Waals surface area contributed by atoms with Crippen LogP contribution in [0.4, 0.5) is 8.78 Å². The number of hydrogen-bond acceptors (Lipinski definition) is 8. The highest BCUT2D eigenvalue weighted by molar-refractivity contribution is 7.95. The van der Waals surface area contributed by atoms with Gasteiger partial charge in [0.1, 0.15) is 18.1 Å². The van der Waals surface area contributed by atoms with Crippen molar-refractivity contribution in [1.82, 2.24) is 0 Å². The number of rotatable bonds is 6. The van der Waals surface area contributed by atoms with E-state index in [0.717, 1.165) is 0 Å². The fourth-order valence-electron chi connectivity index (χ4n) is 3.67. The monoisotopic (exact) mass is 326 g/mol. The predicted octanol–water partition coefficient (Wildman–Crippen LogP) is 1.39. The van der Waals surface area contributed by atoms with Gasteiger partial charge in [-0.1, -0.05) is 5.04 Å². The van der Waals surface area contributed by atoms with Gasteiger partial charge in [0, 0.05) is 5.92 Å². The highest BCUT2D eigenvalue weighted by Crippen LogP contribution is 2.58. The first kappa shape index (κ1) is 14.9. The lowest BCUT2D eigenvalue weighted by Gasteiger charge is -2.23. The molecular formula is C11H12F2O7S. The summed E-state index contributed by atoms with van der Waals surface area (Å²) in [4.78, 5) is 23.7. The third-order valence-electron chi connectivity index (χ3n) is 4.32. The van der Waals surface area contributed by atoms with E-state index in [2.05, 4.69) is 14.1 Å². The average molecular weight is 326 g/mol. The van der Waals surface area contributed by atoms with Crippen LogP contribution >= 0.6 is 12.0 Å². The van der Waals surface area contributed by atoms with Crippen molar-refractivity contribution < 1.29 is 42.5 Å². The van der Waals surface area contributed by atoms with E-state index in [0.29, 0.717) is 12.8 Å². The molecule has 0 aromatic heterocycles. The van der Waals surface area contributed by atoms with Gasteiger partial charge in [-0.3, -0.25) is 9.59 Å². The standard InChI is InChI=1S/C11H12F2O7S/c12-11(13,21-20-19-16)3-17-9(14)7-4-1-5-6(2-4)18-10(15)8(5)7/h4-8,16H,1-3H2. The van der Waals surface area contributed by atoms with E-state index in [9.17, 15) is 18.4 Å². The minimum absolute atomic E-state index is 0.000979. The number of fused-ring (bicyclic) bond motifs is 1. The highest BCUT2D eigenvalue weighted by atomic mass is 32.2. The molecule has 2 bridgehead atoms. The normalized spacial score (nSPS) is 36.9. The molecule has 3 fully saturated rings. The topological polar surface area (TPSA) is 91.3 Å². The maximum atomic E-state index is 13.2. The van der Waals surface area contributed by atoms with Crippen LogP contribution in [-0.4, -0.2) is 35.2 Å². The first-order valence-electron chi connectivity index (χ1n) is 6.34. The molecule has 1 heterocycles. The molecule has 0 spiro atoms. The van der Waals surface area contributed by atoms with Crippen molar-refractivity contribution in [3.63, 3.8) is 0 Å². The van der Waals surface area contributed by atoms with Gasteiger partial charge in [0.15, 0.2) is 6.61 Å². The number of hydrogen-bond donors (Lipinski definition) is 1. The first-order valence-corrected chi connectivity index (χ1v) is 7.08. The quantitative estimate of drug-likeness (QED) is 0.339. The molecule has 0 amide bonds. The molecule has 3 aliphatic rings. The Labute approximate surface area is 121 Å². The maximum absolute atomic E-state index is 13.2. The summed E-state index contributed by atoms with van der Waals surface area (Å²) in [6, 6.07) is 0. The van der Waals surface area contributed by atoms with Crippen molar-refractivity contribution in [2.24, 2.45) is 23.7 Å². The Kier molecular flexibility index (Phi) is 3.80. The molecule has 2 saturated carbocycles. The van der Waals surface area contributed by atoms with Crippen molar-refractivity contribution in [1.29, 1.82) is 0 Å². The molecule has 1 saturated heterocycles. The van der Waals surface area contributed by atoms with Gasteiger partial charge in [-0.05, 0) is 18.8 Å². The second kappa shape index (κ2) is 5.34. The molecule has 5 atom stereocenters. The molecule has 0 radical (unpaired) electrons. The van der Waals surface area contributed by atoms with E-state index in [1.54, 1.807) is 0 Å². The van der Waals surface area contributed by atoms with Crippen molar-refractivity contribution in [2.45, 2.75) is 24.2 Å². The van der Waals surface area contributed by atoms with E-state index >= 15 is 0 Å². The van der Waals surface area contributed by atoms with Gasteiger partial charge in [-0.25, -0.2) is 5.26 Å². The Bertz CT molecular complexity index is 458. The van der Waals surface area contributed by atoms with Crippen LogP contribution in [0.5, 0.6) is 0 Å². The van der Waals surface area contributed by atoms with E-state index in [1.807, 2.05) is 0 Å². The van der Waals surface area contributed by atoms with Gasteiger partial charge in [-0.15, -0.1) is 4.33 Å². The fourth-order valence-corrected chi connectivity index (χ4v) is 3.90. The SMILES string of the molecule is O=C(OCC(F)(F)SOOO)C1C2CC3OC(=O)C1C3C2. The third kappa shape index (κ3) is 2.60. The molecule has 10 heteroatoms. The summed E-state index contributed by atoms with van der Waals surface area (Å²) < 4.78 is 39.8. The summed E-state index contributed by atoms with van der Waals surface area (Å²) in [6.07, 6.45) is 1.14. The summed E-state index contributed by atoms with van der Waals surface area (Å²) in [5, 5.41) is 7.30. The van der Waals surface area contributed by atoms with Crippen molar-refractivity contribution >= 4 is 24.0 Å². The average Bonchev–Trinajstić information content (AvgIpc) is 3.04. The van der Waals surface area contributed by atoms with Crippen molar-refractivity contribution in [2.75, 3.05) is 6.61 Å². The van der Waals surface area contributed by atoms with Crippen molar-refractivity contribution in [3.05, 3.63) is 0 Å². The molecule has 5 unspecified atom stereocenters. The highest BCUT2D eigenvalue weighted by Gasteiger charge is 2.64. The van der Waals surface area contributed by atoms with Gasteiger partial charge in [0.05, 0.1) is 11.8 Å². The summed E-state index contributed by atoms with van der Waals surface area (Å²) in [7, 11) is 0. The van der Waals surface area contributed by atoms with Gasteiger partial charge in [0.25, 0.3) is 0 Å². The van der Waals surface area contributed by atoms with E-state index in [4.69, 9.17) is 9.99 Å². The second-order valence-corrected chi connectivity index (χ2v) is 6.29. The van der Waals surface area contributed by atoms with Gasteiger partial charge >= 0.3 is 17.2 Å². The zero-order valence-electron chi connectivity index (χ0n) is 10.6. The molecule has 1 aliphatic heterocycles. The number of ether oxygens (including phenoxy) is 2. The number of carbonyl (C=O) groups is 2. The number of carbonyl (C=O) groups excluding carboxylic acids is 2. The lowest BCUT2D eigenvalue weighted by Crippen LogP contribution is -2.35. The zero-order valence-corrected chi connectivity index (χ0v) is 11.4. The van der Waals surface area contributed by atoms with Crippen LogP contribution in [-0.2, 0) is 28.4 Å². The molecular weight excluding hydrogens is 314 g/mol. The molecule has 0 aromatic rings. The minimum atomic E-state index is -3.57. The van der Waals surface area contributed by atoms with Gasteiger partial charge in [-0.2, -0.15) is 8.78 Å². The third-order valence-corrected chi connectivity index (χ3v) is 4.81. The number of halogens is 2. The Morgan fingerprint density at radius 2 is 2.24 bits per heavy atom. The first-order chi connectivity index (χ1) is 9.93. The van der Waals surface area contributed by atoms with Crippen LogP contribution in [0.1, 0.15) is 12.8 Å². The minimum Gasteiger partial charge on any atom is -0.462 e. The summed E-state index contributed by atoms with van der Waals surface area (Å²) >= 11 is -0.481. The Morgan fingerprint density at radius 1 is 1.48 bits per heavy atom. The molecule has 3 rings (SSSR count). The Balaban J connectivity index is 1.58. The van der Waals surface area contributed by atoms with Crippen LogP contribution in [0, 0.1) is 23.7 Å². The largest absolute Gasteiger partial charge is 0.462 e. The molecule has 118 valence electrons. The summed E-state index contributed by atoms with van der Waals surface area (Å²) in [6.45, 7) is -1.24. The molecule has 7 nitrogen and oxygen atoms in total. The van der Waals surface area contributed by atoms with Crippen LogP contribution in [0.2, 0.25) is 0 Å². The smallest absolute Gasteiger partial charge is 0.354 e. The van der Waals surface area contributed by atoms with E-state index in [-0.39, 0.29) is 17.9 Å². The molecule has 21 heavy (non-hydrogen) atoms. The second-order valence-electron chi connectivity index (χ2n) is 5.39. The molecule has 2 aliphatic carbocycles. The van der Waals surface area contributed by atoms with Crippen LogP contribution in [0.3, 0.4) is 0 Å². The fraction of sp³-hybridized carbons (Fsp3) is 0.818. The Morgan fingerprint density at radius 3 is 2.95 bits per heavy atom. The maximum Gasteiger partial charge on any atom is 0.354 e. The molecule has 0 aromatic carbocycles. The summed E-state index contributed by atoms with van der Waals surface area (Å²) in [5.74, 6) is -2.60. The summed E-state index contributed by atoms with van der Waals surface area (Å²) in [5.41, 5.74) is 0. The van der Waals surface area contributed by atoms with E-state index < -0.39 is 47.7 Å². The number of alkyl halides is 2. The van der Waals surface area contributed by atoms with Crippen molar-refractivity contribution in [3.8, 4) is 0 Å². The Hall–Kier alpha value is -0.970. The van der Waals surface area contributed by atoms with Crippen LogP contribution < -0.4 is 0 Å². The number of esters is 2. The van der Waals surface area contributed by atoms with Crippen LogP contribution in [0.25, 0.3) is 0 Å². The van der Waals surface area contributed by atoms with Crippen LogP contribution in [0.15, 0.2) is 0 Å². The van der Waals surface area contributed by atoms with E-state index in [1.165, 1.54) is 0 Å². The van der Waals surface area contributed by atoms with Gasteiger partial charge < -0.3 is 9.47 Å². The molecule has 1 N–H and O–H groups in total. The lowest BCUT2D eigenvalue weighted by molar-refractivity contribution is -0.433. The van der Waals surface area contributed by atoms with Gasteiger partial charge in [0.2, 0.25) is 0 Å². The lowest BCUT2D eigenvalue weighted by atomic mass is 9.80.